The fourth-order valence-electron chi connectivity index (χ4n) is 7.08. The van der Waals surface area contributed by atoms with Crippen LogP contribution in [0.2, 0.25) is 0 Å². The van der Waals surface area contributed by atoms with Gasteiger partial charge in [-0.15, -0.1) is 5.10 Å². The molecule has 9 nitrogen and oxygen atoms in total. The van der Waals surface area contributed by atoms with Crippen molar-refractivity contribution in [2.75, 3.05) is 29.9 Å². The maximum atomic E-state index is 13.5. The van der Waals surface area contributed by atoms with Crippen molar-refractivity contribution >= 4 is 29.5 Å². The van der Waals surface area contributed by atoms with Crippen LogP contribution in [0.5, 0.6) is 5.88 Å². The standard InChI is InChI=1S/C31H39N7O2S/c1-30(2)19-21-5-4-16-32-24-6-3-7-27(33-24)41-36-29(39)23-8-9-25(34-28(23)37(30)20-21)38-17-11-26(35-38)40-18-12-22-10-13-31(22)14-15-31/h3,6-9,11,17,21-22H,4-5,10,12-16,18-20H2,1-2H3,(H,32,33)(H,36,39)/t21-,22?/m0/s1. The van der Waals surface area contributed by atoms with Gasteiger partial charge in [0.05, 0.1) is 12.2 Å². The Morgan fingerprint density at radius 1 is 1.10 bits per heavy atom. The van der Waals surface area contributed by atoms with Crippen molar-refractivity contribution in [3.8, 4) is 11.7 Å². The summed E-state index contributed by atoms with van der Waals surface area (Å²) in [6, 6.07) is 11.5. The third kappa shape index (κ3) is 5.38. The monoisotopic (exact) mass is 573 g/mol. The maximum absolute atomic E-state index is 13.5. The first-order valence-corrected chi connectivity index (χ1v) is 15.9. The summed E-state index contributed by atoms with van der Waals surface area (Å²) < 4.78 is 10.8. The van der Waals surface area contributed by atoms with Crippen LogP contribution in [0.15, 0.2) is 47.6 Å². The number of carbonyl (C=O) groups is 1. The second kappa shape index (κ2) is 10.5. The van der Waals surface area contributed by atoms with Crippen LogP contribution in [-0.2, 0) is 0 Å². The summed E-state index contributed by atoms with van der Waals surface area (Å²) in [6.45, 7) is 6.94. The number of nitrogens with one attached hydrogen (secondary N) is 2. The number of ether oxygens (including phenoxy) is 1. The van der Waals surface area contributed by atoms with Gasteiger partial charge in [-0.2, -0.15) is 0 Å². The summed E-state index contributed by atoms with van der Waals surface area (Å²) in [5.74, 6) is 3.97. The second-order valence-corrected chi connectivity index (χ2v) is 13.7. The number of rotatable bonds is 5. The first kappa shape index (κ1) is 26.6. The van der Waals surface area contributed by atoms with Gasteiger partial charge in [0.2, 0.25) is 5.88 Å². The molecule has 0 aromatic carbocycles. The number of nitrogens with zero attached hydrogens (tertiary/aromatic N) is 5. The number of pyridine rings is 2. The van der Waals surface area contributed by atoms with Gasteiger partial charge in [0.1, 0.15) is 16.7 Å². The third-order valence-corrected chi connectivity index (χ3v) is 10.4. The van der Waals surface area contributed by atoms with Gasteiger partial charge in [-0.25, -0.2) is 14.6 Å². The molecular formula is C31H39N7O2S. The molecule has 3 fully saturated rings. The molecule has 2 atom stereocenters. The van der Waals surface area contributed by atoms with E-state index in [1.165, 1.54) is 37.6 Å². The van der Waals surface area contributed by atoms with Crippen molar-refractivity contribution in [1.82, 2.24) is 24.5 Å². The lowest BCUT2D eigenvalue weighted by atomic mass is 9.69. The SMILES string of the molecule is CC1(C)C[C@@H]2CCCNc3cccc(n3)SNC(=O)c3ccc(-n4ccc(OCCC5CCC56CC6)n4)nc3N1C2. The highest BCUT2D eigenvalue weighted by Crippen LogP contribution is 2.65. The van der Waals surface area contributed by atoms with Gasteiger partial charge in [-0.1, -0.05) is 6.07 Å². The van der Waals surface area contributed by atoms with Crippen LogP contribution in [0.3, 0.4) is 0 Å². The summed E-state index contributed by atoms with van der Waals surface area (Å²) in [5, 5.41) is 8.85. The van der Waals surface area contributed by atoms with Crippen LogP contribution in [0, 0.1) is 17.3 Å². The summed E-state index contributed by atoms with van der Waals surface area (Å²) in [5.41, 5.74) is 1.09. The van der Waals surface area contributed by atoms with Crippen molar-refractivity contribution in [3.05, 3.63) is 48.2 Å². The van der Waals surface area contributed by atoms with Gasteiger partial charge in [-0.3, -0.25) is 9.52 Å². The Balaban J connectivity index is 1.14. The Morgan fingerprint density at radius 3 is 2.83 bits per heavy atom. The molecule has 1 spiro atoms. The predicted molar refractivity (Wildman–Crippen MR) is 161 cm³/mol. The molecule has 4 bridgehead atoms. The van der Waals surface area contributed by atoms with Gasteiger partial charge >= 0.3 is 0 Å². The molecule has 3 aromatic heterocycles. The predicted octanol–water partition coefficient (Wildman–Crippen LogP) is 5.87. The Hall–Kier alpha value is -3.27. The largest absolute Gasteiger partial charge is 0.477 e. The third-order valence-electron chi connectivity index (χ3n) is 9.65. The molecule has 2 aliphatic heterocycles. The smallest absolute Gasteiger partial charge is 0.265 e. The average Bonchev–Trinajstić information content (AvgIpc) is 3.58. The number of anilines is 2. The fourth-order valence-corrected chi connectivity index (χ4v) is 7.67. The molecule has 2 saturated carbocycles. The van der Waals surface area contributed by atoms with Gasteiger partial charge in [-0.05, 0) is 107 Å². The van der Waals surface area contributed by atoms with E-state index in [0.717, 1.165) is 55.5 Å². The molecule has 1 amide bonds. The van der Waals surface area contributed by atoms with Gasteiger partial charge < -0.3 is 15.0 Å². The number of hydrogen-bond donors (Lipinski definition) is 2. The zero-order valence-corrected chi connectivity index (χ0v) is 24.8. The van der Waals surface area contributed by atoms with Crippen molar-refractivity contribution in [2.24, 2.45) is 17.3 Å². The van der Waals surface area contributed by atoms with E-state index >= 15 is 0 Å². The molecule has 41 heavy (non-hydrogen) atoms. The van der Waals surface area contributed by atoms with Crippen LogP contribution >= 0.6 is 11.9 Å². The number of amides is 1. The topological polar surface area (TPSA) is 97.2 Å². The van der Waals surface area contributed by atoms with E-state index in [0.29, 0.717) is 41.0 Å². The summed E-state index contributed by atoms with van der Waals surface area (Å²) in [4.78, 5) is 25.6. The van der Waals surface area contributed by atoms with E-state index in [4.69, 9.17) is 9.72 Å². The first-order chi connectivity index (χ1) is 19.9. The lowest BCUT2D eigenvalue weighted by Crippen LogP contribution is -2.40. The molecule has 3 aromatic rings. The second-order valence-electron chi connectivity index (χ2n) is 12.8. The number of hydrogen-bond acceptors (Lipinski definition) is 8. The molecule has 1 unspecified atom stereocenters. The molecule has 2 aliphatic carbocycles. The molecule has 5 heterocycles. The highest BCUT2D eigenvalue weighted by molar-refractivity contribution is 7.97. The van der Waals surface area contributed by atoms with Crippen LogP contribution in [0.4, 0.5) is 11.6 Å². The molecule has 216 valence electrons. The van der Waals surface area contributed by atoms with Crippen molar-refractivity contribution < 1.29 is 9.53 Å². The van der Waals surface area contributed by atoms with Crippen LogP contribution in [0.25, 0.3) is 5.82 Å². The van der Waals surface area contributed by atoms with Crippen LogP contribution < -0.4 is 19.7 Å². The van der Waals surface area contributed by atoms with Gasteiger partial charge in [0, 0.05) is 42.8 Å². The summed E-state index contributed by atoms with van der Waals surface area (Å²) >= 11 is 1.22. The normalized spacial score (nSPS) is 24.3. The van der Waals surface area contributed by atoms with E-state index in [-0.39, 0.29) is 11.4 Å². The van der Waals surface area contributed by atoms with Crippen LogP contribution in [0.1, 0.15) is 75.6 Å². The van der Waals surface area contributed by atoms with E-state index in [1.807, 2.05) is 42.6 Å². The molecule has 4 aliphatic rings. The lowest BCUT2D eigenvalue weighted by molar-refractivity contribution is 0.0984. The Labute approximate surface area is 246 Å². The lowest BCUT2D eigenvalue weighted by Gasteiger charge is -2.37. The molecule has 0 radical (unpaired) electrons. The van der Waals surface area contributed by atoms with Crippen molar-refractivity contribution in [1.29, 1.82) is 0 Å². The number of fused-ring (bicyclic) bond motifs is 6. The minimum absolute atomic E-state index is 0.131. The highest BCUT2D eigenvalue weighted by Gasteiger charge is 2.54. The molecular weight excluding hydrogens is 534 g/mol. The number of aromatic nitrogens is 4. The van der Waals surface area contributed by atoms with E-state index in [9.17, 15) is 4.79 Å². The fraction of sp³-hybridized carbons (Fsp3) is 0.548. The van der Waals surface area contributed by atoms with E-state index < -0.39 is 0 Å². The van der Waals surface area contributed by atoms with E-state index in [1.54, 1.807) is 4.68 Å². The molecule has 2 N–H and O–H groups in total. The van der Waals surface area contributed by atoms with E-state index in [2.05, 4.69) is 38.9 Å². The minimum Gasteiger partial charge on any atom is -0.477 e. The number of carbonyl (C=O) groups excluding carboxylic acids is 1. The van der Waals surface area contributed by atoms with Crippen molar-refractivity contribution in [2.45, 2.75) is 75.8 Å². The highest BCUT2D eigenvalue weighted by atomic mass is 32.2. The molecule has 10 heteroatoms. The Kier molecular flexibility index (Phi) is 6.84. The zero-order valence-electron chi connectivity index (χ0n) is 23.9. The van der Waals surface area contributed by atoms with Gasteiger partial charge in [0.25, 0.3) is 5.91 Å². The quantitative estimate of drug-likeness (QED) is 0.366. The summed E-state index contributed by atoms with van der Waals surface area (Å²) in [7, 11) is 0. The first-order valence-electron chi connectivity index (χ1n) is 15.0. The minimum atomic E-state index is -0.188. The molecule has 1 saturated heterocycles. The Bertz CT molecular complexity index is 1440. The zero-order chi connectivity index (χ0) is 28.0. The molecule has 7 rings (SSSR count). The van der Waals surface area contributed by atoms with Crippen LogP contribution in [-0.4, -0.2) is 50.9 Å². The van der Waals surface area contributed by atoms with Crippen molar-refractivity contribution in [3.63, 3.8) is 0 Å². The average molecular weight is 574 g/mol. The summed E-state index contributed by atoms with van der Waals surface area (Å²) in [6.07, 6.45) is 11.8. The Morgan fingerprint density at radius 2 is 2.00 bits per heavy atom. The maximum Gasteiger partial charge on any atom is 0.265 e. The van der Waals surface area contributed by atoms with Gasteiger partial charge in [0.15, 0.2) is 5.82 Å².